The van der Waals surface area contributed by atoms with E-state index in [0.717, 1.165) is 0 Å². The first kappa shape index (κ1) is 11.8. The van der Waals surface area contributed by atoms with Crippen molar-refractivity contribution in [3.63, 3.8) is 0 Å². The minimum atomic E-state index is -0.489. The van der Waals surface area contributed by atoms with Gasteiger partial charge in [-0.1, -0.05) is 6.08 Å². The summed E-state index contributed by atoms with van der Waals surface area (Å²) in [5.41, 5.74) is 0.531. The van der Waals surface area contributed by atoms with Crippen molar-refractivity contribution in [2.75, 3.05) is 0 Å². The number of fused-ring (bicyclic) bond motifs is 1. The Bertz CT molecular complexity index is 643. The summed E-state index contributed by atoms with van der Waals surface area (Å²) in [6.07, 6.45) is 4.36. The van der Waals surface area contributed by atoms with Crippen LogP contribution in [0, 0.1) is 10.1 Å². The molecule has 92 valence electrons. The minimum Gasteiger partial charge on any atom is -0.421 e. The van der Waals surface area contributed by atoms with Crippen LogP contribution in [0.1, 0.15) is 6.92 Å². The Morgan fingerprint density at radius 1 is 1.50 bits per heavy atom. The fourth-order valence-corrected chi connectivity index (χ4v) is 1.56. The van der Waals surface area contributed by atoms with Gasteiger partial charge in [0.05, 0.1) is 10.4 Å². The molecule has 6 heteroatoms. The summed E-state index contributed by atoms with van der Waals surface area (Å²) in [5, 5.41) is 11.2. The number of esters is 1. The van der Waals surface area contributed by atoms with Gasteiger partial charge in [0.1, 0.15) is 0 Å². The third-order valence-electron chi connectivity index (χ3n) is 2.35. The number of ether oxygens (including phenoxy) is 1. The third-order valence-corrected chi connectivity index (χ3v) is 2.35. The molecule has 0 aliphatic carbocycles. The monoisotopic (exact) mass is 246 g/mol. The lowest BCUT2D eigenvalue weighted by molar-refractivity contribution is -0.384. The molecular weight excluding hydrogens is 236 g/mol. The molecule has 0 fully saturated rings. The number of H-pyrrole nitrogens is 1. The van der Waals surface area contributed by atoms with Crippen molar-refractivity contribution in [2.45, 2.75) is 6.92 Å². The summed E-state index contributed by atoms with van der Waals surface area (Å²) in [6.45, 7) is 1.71. The number of allylic oxidation sites excluding steroid dienone is 1. The van der Waals surface area contributed by atoms with Crippen LogP contribution >= 0.6 is 0 Å². The molecule has 0 radical (unpaired) electrons. The molecule has 18 heavy (non-hydrogen) atoms. The maximum atomic E-state index is 11.3. The van der Waals surface area contributed by atoms with Gasteiger partial charge in [0.2, 0.25) is 0 Å². The van der Waals surface area contributed by atoms with Gasteiger partial charge in [-0.3, -0.25) is 10.1 Å². The number of carbonyl (C=O) groups excluding carboxylic acids is 1. The first-order valence-electron chi connectivity index (χ1n) is 5.22. The largest absolute Gasteiger partial charge is 0.421 e. The van der Waals surface area contributed by atoms with E-state index in [1.165, 1.54) is 24.4 Å². The second-order valence-corrected chi connectivity index (χ2v) is 3.56. The van der Waals surface area contributed by atoms with Gasteiger partial charge >= 0.3 is 5.97 Å². The van der Waals surface area contributed by atoms with Crippen molar-refractivity contribution in [1.82, 2.24) is 4.98 Å². The second kappa shape index (κ2) is 4.70. The highest BCUT2D eigenvalue weighted by Crippen LogP contribution is 2.28. The summed E-state index contributed by atoms with van der Waals surface area (Å²) in [6, 6.07) is 4.30. The average molecular weight is 246 g/mol. The highest BCUT2D eigenvalue weighted by molar-refractivity contribution is 5.92. The van der Waals surface area contributed by atoms with Gasteiger partial charge in [-0.15, -0.1) is 0 Å². The second-order valence-electron chi connectivity index (χ2n) is 3.56. The lowest BCUT2D eigenvalue weighted by atomic mass is 10.2. The van der Waals surface area contributed by atoms with Crippen LogP contribution in [0.3, 0.4) is 0 Å². The number of rotatable bonds is 3. The summed E-state index contributed by atoms with van der Waals surface area (Å²) >= 11 is 0. The van der Waals surface area contributed by atoms with Crippen LogP contribution in [-0.4, -0.2) is 15.9 Å². The number of benzene rings is 1. The molecule has 0 saturated carbocycles. The SMILES string of the molecule is CC=CC(=O)Oc1c[nH]c2cc([N+](=O)[O-])ccc12. The molecule has 6 nitrogen and oxygen atoms in total. The molecular formula is C12H10N2O4. The van der Waals surface area contributed by atoms with Gasteiger partial charge in [-0.25, -0.2) is 4.79 Å². The highest BCUT2D eigenvalue weighted by Gasteiger charge is 2.12. The van der Waals surface area contributed by atoms with Crippen LogP contribution in [0.4, 0.5) is 5.69 Å². The Morgan fingerprint density at radius 3 is 2.94 bits per heavy atom. The summed E-state index contributed by atoms with van der Waals surface area (Å²) in [4.78, 5) is 24.3. The molecule has 1 heterocycles. The van der Waals surface area contributed by atoms with Crippen molar-refractivity contribution < 1.29 is 14.5 Å². The molecule has 0 unspecified atom stereocenters. The van der Waals surface area contributed by atoms with Crippen molar-refractivity contribution >= 4 is 22.6 Å². The number of nitro groups is 1. The smallest absolute Gasteiger partial charge is 0.335 e. The van der Waals surface area contributed by atoms with Crippen molar-refractivity contribution in [2.24, 2.45) is 0 Å². The van der Waals surface area contributed by atoms with Gasteiger partial charge in [0, 0.05) is 29.8 Å². The van der Waals surface area contributed by atoms with Gasteiger partial charge in [-0.2, -0.15) is 0 Å². The zero-order valence-electron chi connectivity index (χ0n) is 9.54. The molecule has 0 bridgehead atoms. The maximum absolute atomic E-state index is 11.3. The standard InChI is InChI=1S/C12H10N2O4/c1-2-3-12(15)18-11-7-13-10-6-8(14(16)17)4-5-9(10)11/h2-7,13H,1H3. The predicted octanol–water partition coefficient (Wildman–Crippen LogP) is 2.56. The van der Waals surface area contributed by atoms with Crippen LogP contribution in [-0.2, 0) is 4.79 Å². The Hall–Kier alpha value is -2.63. The van der Waals surface area contributed by atoms with Crippen LogP contribution in [0.5, 0.6) is 5.75 Å². The van der Waals surface area contributed by atoms with Crippen molar-refractivity contribution in [3.05, 3.63) is 46.7 Å². The van der Waals surface area contributed by atoms with Crippen LogP contribution < -0.4 is 4.74 Å². The molecule has 0 aliphatic heterocycles. The fraction of sp³-hybridized carbons (Fsp3) is 0.0833. The quantitative estimate of drug-likeness (QED) is 0.390. The number of nitrogens with zero attached hydrogens (tertiary/aromatic N) is 1. The van der Waals surface area contributed by atoms with E-state index in [4.69, 9.17) is 4.74 Å². The number of nitro benzene ring substituents is 1. The van der Waals surface area contributed by atoms with Crippen LogP contribution in [0.25, 0.3) is 10.9 Å². The number of nitrogens with one attached hydrogen (secondary N) is 1. The van der Waals surface area contributed by atoms with E-state index in [9.17, 15) is 14.9 Å². The molecule has 0 amide bonds. The zero-order valence-corrected chi connectivity index (χ0v) is 9.54. The number of hydrogen-bond donors (Lipinski definition) is 1. The average Bonchev–Trinajstić information content (AvgIpc) is 2.72. The van der Waals surface area contributed by atoms with Crippen LogP contribution in [0.15, 0.2) is 36.5 Å². The first-order valence-corrected chi connectivity index (χ1v) is 5.22. The molecule has 2 rings (SSSR count). The number of aromatic nitrogens is 1. The van der Waals surface area contributed by atoms with Crippen LogP contribution in [0.2, 0.25) is 0 Å². The summed E-state index contributed by atoms with van der Waals surface area (Å²) in [7, 11) is 0. The number of aromatic amines is 1. The van der Waals surface area contributed by atoms with Gasteiger partial charge in [0.25, 0.3) is 5.69 Å². The zero-order chi connectivity index (χ0) is 13.1. The van der Waals surface area contributed by atoms with E-state index in [0.29, 0.717) is 16.7 Å². The third kappa shape index (κ3) is 2.22. The van der Waals surface area contributed by atoms with Gasteiger partial charge in [0.15, 0.2) is 5.75 Å². The van der Waals surface area contributed by atoms with E-state index in [-0.39, 0.29) is 5.69 Å². The van der Waals surface area contributed by atoms with E-state index < -0.39 is 10.9 Å². The highest BCUT2D eigenvalue weighted by atomic mass is 16.6. The fourth-order valence-electron chi connectivity index (χ4n) is 1.56. The Kier molecular flexibility index (Phi) is 3.09. The normalized spacial score (nSPS) is 10.9. The number of non-ortho nitro benzene ring substituents is 1. The van der Waals surface area contributed by atoms with Gasteiger partial charge < -0.3 is 9.72 Å². The molecule has 2 aromatic rings. The lowest BCUT2D eigenvalue weighted by Gasteiger charge is -1.98. The van der Waals surface area contributed by atoms with E-state index in [1.807, 2.05) is 0 Å². The Labute approximate surface area is 102 Å². The molecule has 1 aromatic heterocycles. The van der Waals surface area contributed by atoms with Gasteiger partial charge in [-0.05, 0) is 13.0 Å². The maximum Gasteiger partial charge on any atom is 0.335 e. The first-order chi connectivity index (χ1) is 8.61. The topological polar surface area (TPSA) is 85.2 Å². The van der Waals surface area contributed by atoms with E-state index in [2.05, 4.69) is 4.98 Å². The Morgan fingerprint density at radius 2 is 2.28 bits per heavy atom. The minimum absolute atomic E-state index is 0.0179. The molecule has 0 spiro atoms. The number of hydrogen-bond acceptors (Lipinski definition) is 4. The lowest BCUT2D eigenvalue weighted by Crippen LogP contribution is -2.02. The summed E-state index contributed by atoms with van der Waals surface area (Å²) in [5.74, 6) is -0.139. The Balaban J connectivity index is 2.37. The molecule has 1 N–H and O–H groups in total. The van der Waals surface area contributed by atoms with E-state index in [1.54, 1.807) is 19.1 Å². The van der Waals surface area contributed by atoms with Crippen molar-refractivity contribution in [3.8, 4) is 5.75 Å². The van der Waals surface area contributed by atoms with E-state index >= 15 is 0 Å². The molecule has 0 atom stereocenters. The van der Waals surface area contributed by atoms with Crippen molar-refractivity contribution in [1.29, 1.82) is 0 Å². The predicted molar refractivity (Wildman–Crippen MR) is 65.4 cm³/mol. The summed E-state index contributed by atoms with van der Waals surface area (Å²) < 4.78 is 5.08. The molecule has 1 aromatic carbocycles. The molecule has 0 aliphatic rings. The molecule has 0 saturated heterocycles. The number of carbonyl (C=O) groups is 1.